The molecule has 2 aromatic carbocycles. The summed E-state index contributed by atoms with van der Waals surface area (Å²) in [5.41, 5.74) is 2.54. The molecule has 1 atom stereocenters. The first-order chi connectivity index (χ1) is 10.9. The average molecular weight is 334 g/mol. The Balaban J connectivity index is 2.10. The second-order valence-electron chi connectivity index (χ2n) is 5.19. The van der Waals surface area contributed by atoms with E-state index < -0.39 is 10.0 Å². The van der Waals surface area contributed by atoms with Gasteiger partial charge < -0.3 is 10.1 Å². The van der Waals surface area contributed by atoms with Gasteiger partial charge in [-0.3, -0.25) is 4.72 Å². The molecule has 0 aliphatic rings. The van der Waals surface area contributed by atoms with E-state index in [1.165, 1.54) is 0 Å². The highest BCUT2D eigenvalue weighted by Gasteiger charge is 2.10. The lowest BCUT2D eigenvalue weighted by Crippen LogP contribution is -2.14. The Labute approximate surface area is 137 Å². The monoisotopic (exact) mass is 334 g/mol. The standard InChI is InChI=1S/C17H22N2O3S/c1-4-23(20,21)19-15-11-9-14(10-12-15)13(2)18-16-7-5-6-8-17(16)22-3/h5-13,18-19H,4H2,1-3H3/t13-/m1/s1. The van der Waals surface area contributed by atoms with Crippen molar-refractivity contribution in [2.24, 2.45) is 0 Å². The number of anilines is 2. The minimum absolute atomic E-state index is 0.0561. The quantitative estimate of drug-likeness (QED) is 0.811. The zero-order valence-electron chi connectivity index (χ0n) is 13.5. The molecule has 124 valence electrons. The van der Waals surface area contributed by atoms with Gasteiger partial charge in [-0.15, -0.1) is 0 Å². The van der Waals surface area contributed by atoms with E-state index in [4.69, 9.17) is 4.74 Å². The molecular weight excluding hydrogens is 312 g/mol. The van der Waals surface area contributed by atoms with Crippen molar-refractivity contribution < 1.29 is 13.2 Å². The SMILES string of the molecule is CCS(=O)(=O)Nc1ccc([C@@H](C)Nc2ccccc2OC)cc1. The van der Waals surface area contributed by atoms with E-state index in [1.54, 1.807) is 26.2 Å². The summed E-state index contributed by atoms with van der Waals surface area (Å²) in [7, 11) is -1.61. The van der Waals surface area contributed by atoms with Crippen LogP contribution in [0.1, 0.15) is 25.5 Å². The van der Waals surface area contributed by atoms with Crippen molar-refractivity contribution in [1.29, 1.82) is 0 Å². The lowest BCUT2D eigenvalue weighted by Gasteiger charge is -2.18. The highest BCUT2D eigenvalue weighted by atomic mass is 32.2. The van der Waals surface area contributed by atoms with Crippen LogP contribution in [0.2, 0.25) is 0 Å². The van der Waals surface area contributed by atoms with Crippen molar-refractivity contribution in [2.75, 3.05) is 22.9 Å². The van der Waals surface area contributed by atoms with Gasteiger partial charge in [-0.1, -0.05) is 24.3 Å². The molecule has 2 N–H and O–H groups in total. The van der Waals surface area contributed by atoms with Crippen LogP contribution in [-0.4, -0.2) is 21.3 Å². The highest BCUT2D eigenvalue weighted by molar-refractivity contribution is 7.92. The predicted molar refractivity (Wildman–Crippen MR) is 94.6 cm³/mol. The van der Waals surface area contributed by atoms with E-state index in [9.17, 15) is 8.42 Å². The van der Waals surface area contributed by atoms with Gasteiger partial charge in [-0.2, -0.15) is 0 Å². The Kier molecular flexibility index (Phi) is 5.50. The van der Waals surface area contributed by atoms with E-state index in [-0.39, 0.29) is 11.8 Å². The fourth-order valence-electron chi connectivity index (χ4n) is 2.17. The van der Waals surface area contributed by atoms with Gasteiger partial charge in [0.1, 0.15) is 5.75 Å². The third-order valence-electron chi connectivity index (χ3n) is 3.54. The molecule has 0 aliphatic heterocycles. The maximum atomic E-state index is 11.6. The molecule has 0 heterocycles. The van der Waals surface area contributed by atoms with Gasteiger partial charge in [-0.25, -0.2) is 8.42 Å². The Morgan fingerprint density at radius 3 is 2.35 bits per heavy atom. The molecule has 5 nitrogen and oxygen atoms in total. The number of hydrogen-bond acceptors (Lipinski definition) is 4. The Morgan fingerprint density at radius 2 is 1.74 bits per heavy atom. The molecule has 0 saturated carbocycles. The van der Waals surface area contributed by atoms with E-state index in [0.29, 0.717) is 5.69 Å². The first-order valence-corrected chi connectivity index (χ1v) is 9.10. The minimum Gasteiger partial charge on any atom is -0.495 e. The van der Waals surface area contributed by atoms with Gasteiger partial charge in [0.05, 0.1) is 18.6 Å². The number of methoxy groups -OCH3 is 1. The number of rotatable bonds is 7. The normalized spacial score (nSPS) is 12.5. The van der Waals surface area contributed by atoms with E-state index in [1.807, 2.05) is 43.3 Å². The van der Waals surface area contributed by atoms with Gasteiger partial charge >= 0.3 is 0 Å². The number of para-hydroxylation sites is 2. The number of nitrogens with one attached hydrogen (secondary N) is 2. The molecule has 23 heavy (non-hydrogen) atoms. The molecule has 0 amide bonds. The summed E-state index contributed by atoms with van der Waals surface area (Å²) in [6.07, 6.45) is 0. The highest BCUT2D eigenvalue weighted by Crippen LogP contribution is 2.28. The summed E-state index contributed by atoms with van der Waals surface area (Å²) in [6.45, 7) is 3.65. The van der Waals surface area contributed by atoms with E-state index in [0.717, 1.165) is 17.0 Å². The fourth-order valence-corrected chi connectivity index (χ4v) is 2.81. The van der Waals surface area contributed by atoms with Crippen LogP contribution < -0.4 is 14.8 Å². The van der Waals surface area contributed by atoms with E-state index >= 15 is 0 Å². The predicted octanol–water partition coefficient (Wildman–Crippen LogP) is 3.63. The third kappa shape index (κ3) is 4.63. The molecule has 0 unspecified atom stereocenters. The lowest BCUT2D eigenvalue weighted by molar-refractivity contribution is 0.416. The second-order valence-corrected chi connectivity index (χ2v) is 7.20. The van der Waals surface area contributed by atoms with Gasteiger partial charge in [0.15, 0.2) is 0 Å². The molecule has 0 radical (unpaired) electrons. The molecular formula is C17H22N2O3S. The summed E-state index contributed by atoms with van der Waals surface area (Å²) >= 11 is 0. The molecule has 0 fully saturated rings. The van der Waals surface area contributed by atoms with Crippen molar-refractivity contribution in [3.05, 3.63) is 54.1 Å². The maximum absolute atomic E-state index is 11.6. The minimum atomic E-state index is -3.25. The molecule has 6 heteroatoms. The fraction of sp³-hybridized carbons (Fsp3) is 0.294. The Bertz CT molecular complexity index is 743. The molecule has 2 rings (SSSR count). The van der Waals surface area contributed by atoms with Gasteiger partial charge in [0, 0.05) is 11.7 Å². The molecule has 0 saturated heterocycles. The summed E-state index contributed by atoms with van der Waals surface area (Å²) < 4.78 is 31.0. The van der Waals surface area contributed by atoms with Crippen LogP contribution in [-0.2, 0) is 10.0 Å². The van der Waals surface area contributed by atoms with Crippen molar-refractivity contribution in [2.45, 2.75) is 19.9 Å². The second kappa shape index (κ2) is 7.37. The molecule has 0 spiro atoms. The van der Waals surface area contributed by atoms with Crippen LogP contribution in [0.4, 0.5) is 11.4 Å². The summed E-state index contributed by atoms with van der Waals surface area (Å²) in [5.74, 6) is 0.840. The molecule has 2 aromatic rings. The Hall–Kier alpha value is -2.21. The van der Waals surface area contributed by atoms with Crippen LogP contribution in [0.5, 0.6) is 5.75 Å². The van der Waals surface area contributed by atoms with Crippen molar-refractivity contribution in [3.63, 3.8) is 0 Å². The third-order valence-corrected chi connectivity index (χ3v) is 4.85. The average Bonchev–Trinajstić information content (AvgIpc) is 2.55. The van der Waals surface area contributed by atoms with Crippen molar-refractivity contribution in [3.8, 4) is 5.75 Å². The summed E-state index contributed by atoms with van der Waals surface area (Å²) in [4.78, 5) is 0. The Morgan fingerprint density at radius 1 is 1.09 bits per heavy atom. The van der Waals surface area contributed by atoms with Crippen LogP contribution in [0, 0.1) is 0 Å². The first-order valence-electron chi connectivity index (χ1n) is 7.45. The number of hydrogen-bond donors (Lipinski definition) is 2. The first kappa shape index (κ1) is 17.1. The van der Waals surface area contributed by atoms with Crippen LogP contribution in [0.25, 0.3) is 0 Å². The maximum Gasteiger partial charge on any atom is 0.232 e. The molecule has 0 aliphatic carbocycles. The van der Waals surface area contributed by atoms with Crippen LogP contribution >= 0.6 is 0 Å². The van der Waals surface area contributed by atoms with Crippen LogP contribution in [0.15, 0.2) is 48.5 Å². The smallest absolute Gasteiger partial charge is 0.232 e. The number of benzene rings is 2. The van der Waals surface area contributed by atoms with Crippen LogP contribution in [0.3, 0.4) is 0 Å². The van der Waals surface area contributed by atoms with E-state index in [2.05, 4.69) is 10.0 Å². The number of ether oxygens (including phenoxy) is 1. The van der Waals surface area contributed by atoms with Crippen molar-refractivity contribution >= 4 is 21.4 Å². The largest absolute Gasteiger partial charge is 0.495 e. The zero-order chi connectivity index (χ0) is 16.9. The summed E-state index contributed by atoms with van der Waals surface area (Å²) in [6, 6.07) is 15.1. The molecule has 0 aromatic heterocycles. The van der Waals surface area contributed by atoms with Gasteiger partial charge in [-0.05, 0) is 43.7 Å². The molecule has 0 bridgehead atoms. The van der Waals surface area contributed by atoms with Crippen molar-refractivity contribution in [1.82, 2.24) is 0 Å². The summed E-state index contributed by atoms with van der Waals surface area (Å²) in [5, 5.41) is 3.39. The van der Waals surface area contributed by atoms with Gasteiger partial charge in [0.25, 0.3) is 0 Å². The zero-order valence-corrected chi connectivity index (χ0v) is 14.4. The topological polar surface area (TPSA) is 67.4 Å². The van der Waals surface area contributed by atoms with Gasteiger partial charge in [0.2, 0.25) is 10.0 Å². The lowest BCUT2D eigenvalue weighted by atomic mass is 10.1. The number of sulfonamides is 1.